The highest BCUT2D eigenvalue weighted by atomic mass is 35.5. The van der Waals surface area contributed by atoms with Gasteiger partial charge in [0.05, 0.1) is 6.07 Å². The summed E-state index contributed by atoms with van der Waals surface area (Å²) in [5.74, 6) is -0.688. The minimum absolute atomic E-state index is 0.175. The Labute approximate surface area is 207 Å². The zero-order valence-electron chi connectivity index (χ0n) is 19.9. The van der Waals surface area contributed by atoms with Crippen molar-refractivity contribution >= 4 is 29.2 Å². The number of rotatable bonds is 6. The van der Waals surface area contributed by atoms with E-state index in [4.69, 9.17) is 27.9 Å². The molecule has 4 nitrogen and oxygen atoms in total. The third-order valence-corrected chi connectivity index (χ3v) is 7.06. The lowest BCUT2D eigenvalue weighted by Gasteiger charge is -2.38. The smallest absolute Gasteiger partial charge is 0.324 e. The normalized spacial score (nSPS) is 25.1. The van der Waals surface area contributed by atoms with Crippen LogP contribution in [0.1, 0.15) is 64.5 Å². The second kappa shape index (κ2) is 10.1. The molecule has 0 aromatic heterocycles. The Morgan fingerprint density at radius 3 is 2.27 bits per heavy atom. The Hall–Kier alpha value is -2.06. The fourth-order valence-electron chi connectivity index (χ4n) is 5.16. The van der Waals surface area contributed by atoms with E-state index in [0.717, 1.165) is 24.0 Å². The van der Waals surface area contributed by atoms with Gasteiger partial charge in [-0.1, -0.05) is 74.2 Å². The van der Waals surface area contributed by atoms with E-state index >= 15 is 0 Å². The number of nitrogens with one attached hydrogen (secondary N) is 1. The molecule has 33 heavy (non-hydrogen) atoms. The van der Waals surface area contributed by atoms with Crippen molar-refractivity contribution in [3.05, 3.63) is 69.7 Å². The van der Waals surface area contributed by atoms with E-state index < -0.39 is 23.0 Å². The summed E-state index contributed by atoms with van der Waals surface area (Å²) in [7, 11) is 0. The lowest BCUT2D eigenvalue weighted by atomic mass is 9.62. The summed E-state index contributed by atoms with van der Waals surface area (Å²) in [6.07, 6.45) is 1.74. The predicted molar refractivity (Wildman–Crippen MR) is 134 cm³/mol. The van der Waals surface area contributed by atoms with Gasteiger partial charge in [-0.15, -0.1) is 0 Å². The van der Waals surface area contributed by atoms with E-state index in [9.17, 15) is 10.1 Å². The molecule has 0 spiro atoms. The Morgan fingerprint density at radius 1 is 1.12 bits per heavy atom. The first-order chi connectivity index (χ1) is 15.6. The largest absolute Gasteiger partial charge is 0.459 e. The molecule has 176 valence electrons. The number of hydrogen-bond donors (Lipinski definition) is 1. The lowest BCUT2D eigenvalue weighted by molar-refractivity contribution is -0.157. The van der Waals surface area contributed by atoms with Gasteiger partial charge in [-0.05, 0) is 62.1 Å². The molecule has 2 aromatic rings. The molecule has 1 fully saturated rings. The van der Waals surface area contributed by atoms with Gasteiger partial charge in [-0.25, -0.2) is 0 Å². The third kappa shape index (κ3) is 5.06. The average molecular weight is 487 g/mol. The molecule has 3 rings (SSSR count). The van der Waals surface area contributed by atoms with Crippen molar-refractivity contribution in [2.24, 2.45) is 5.92 Å². The quantitative estimate of drug-likeness (QED) is 0.463. The van der Waals surface area contributed by atoms with Gasteiger partial charge in [-0.3, -0.25) is 10.1 Å². The molecule has 6 heteroatoms. The van der Waals surface area contributed by atoms with Crippen molar-refractivity contribution in [1.82, 2.24) is 5.32 Å². The Bertz CT molecular complexity index is 1020. The summed E-state index contributed by atoms with van der Waals surface area (Å²) in [6.45, 7) is 9.79. The lowest BCUT2D eigenvalue weighted by Crippen LogP contribution is -2.47. The Kier molecular flexibility index (Phi) is 7.79. The van der Waals surface area contributed by atoms with Crippen LogP contribution in [-0.4, -0.2) is 23.7 Å². The van der Waals surface area contributed by atoms with Gasteiger partial charge in [0.2, 0.25) is 0 Å². The number of carbonyl (C=O) groups excluding carboxylic acids is 1. The highest BCUT2D eigenvalue weighted by molar-refractivity contribution is 6.30. The third-order valence-electron chi connectivity index (χ3n) is 6.57. The SMILES string of the molecule is CCC(CC)[C@@H]1N[C@@H](C(=O)OC(C)(C)C)[C@H](c2cccc(Cl)c2)[C@@]1(C#N)c1ccc(Cl)cc1. The number of esters is 1. The first-order valence-electron chi connectivity index (χ1n) is 11.5. The molecule has 0 radical (unpaired) electrons. The van der Waals surface area contributed by atoms with E-state index in [1.165, 1.54) is 0 Å². The van der Waals surface area contributed by atoms with Crippen LogP contribution in [0.5, 0.6) is 0 Å². The zero-order valence-corrected chi connectivity index (χ0v) is 21.4. The van der Waals surface area contributed by atoms with Crippen molar-refractivity contribution in [2.45, 2.75) is 76.5 Å². The number of hydrogen-bond acceptors (Lipinski definition) is 4. The van der Waals surface area contributed by atoms with Gasteiger partial charge in [0.1, 0.15) is 17.1 Å². The van der Waals surface area contributed by atoms with Gasteiger partial charge < -0.3 is 4.74 Å². The molecule has 1 saturated heterocycles. The number of benzene rings is 2. The van der Waals surface area contributed by atoms with Crippen molar-refractivity contribution in [3.63, 3.8) is 0 Å². The van der Waals surface area contributed by atoms with Gasteiger partial charge in [0, 0.05) is 22.0 Å². The maximum Gasteiger partial charge on any atom is 0.324 e. The number of nitriles is 1. The Morgan fingerprint density at radius 2 is 1.76 bits per heavy atom. The van der Waals surface area contributed by atoms with Crippen LogP contribution in [0.25, 0.3) is 0 Å². The molecule has 0 aliphatic carbocycles. The van der Waals surface area contributed by atoms with Crippen molar-refractivity contribution in [1.29, 1.82) is 5.26 Å². The molecular formula is C27H32Cl2N2O2. The summed E-state index contributed by atoms with van der Waals surface area (Å²) >= 11 is 12.6. The number of ether oxygens (including phenoxy) is 1. The first-order valence-corrected chi connectivity index (χ1v) is 12.2. The van der Waals surface area contributed by atoms with Crippen molar-refractivity contribution < 1.29 is 9.53 Å². The molecule has 0 saturated carbocycles. The molecule has 1 aliphatic heterocycles. The number of halogens is 2. The number of nitrogens with zero attached hydrogens (tertiary/aromatic N) is 1. The van der Waals surface area contributed by atoms with E-state index in [1.807, 2.05) is 51.1 Å². The van der Waals surface area contributed by atoms with Crippen molar-refractivity contribution in [3.8, 4) is 6.07 Å². The maximum atomic E-state index is 13.5. The van der Waals surface area contributed by atoms with Gasteiger partial charge in [-0.2, -0.15) is 5.26 Å². The monoisotopic (exact) mass is 486 g/mol. The van der Waals surface area contributed by atoms with Crippen LogP contribution in [0.2, 0.25) is 10.0 Å². The van der Waals surface area contributed by atoms with Crippen LogP contribution in [0.3, 0.4) is 0 Å². The van der Waals surface area contributed by atoms with Crippen LogP contribution in [0, 0.1) is 17.2 Å². The fourth-order valence-corrected chi connectivity index (χ4v) is 5.48. The van der Waals surface area contributed by atoms with Crippen LogP contribution >= 0.6 is 23.2 Å². The molecule has 1 heterocycles. The van der Waals surface area contributed by atoms with E-state index in [1.54, 1.807) is 18.2 Å². The summed E-state index contributed by atoms with van der Waals surface area (Å²) in [5, 5.41) is 15.6. The second-order valence-corrected chi connectivity index (χ2v) is 10.6. The topological polar surface area (TPSA) is 62.1 Å². The molecule has 0 bridgehead atoms. The highest BCUT2D eigenvalue weighted by Crippen LogP contribution is 2.52. The van der Waals surface area contributed by atoms with Crippen LogP contribution in [0.4, 0.5) is 0 Å². The van der Waals surface area contributed by atoms with E-state index in [0.29, 0.717) is 10.0 Å². The van der Waals surface area contributed by atoms with Gasteiger partial charge >= 0.3 is 5.97 Å². The predicted octanol–water partition coefficient (Wildman–Crippen LogP) is 6.66. The highest BCUT2D eigenvalue weighted by Gasteiger charge is 2.61. The first kappa shape index (κ1) is 25.6. The zero-order chi connectivity index (χ0) is 24.4. The molecule has 2 aromatic carbocycles. The minimum Gasteiger partial charge on any atom is -0.459 e. The van der Waals surface area contributed by atoms with Gasteiger partial charge in [0.15, 0.2) is 0 Å². The van der Waals surface area contributed by atoms with E-state index in [2.05, 4.69) is 25.2 Å². The molecule has 0 unspecified atom stereocenters. The molecular weight excluding hydrogens is 455 g/mol. The number of carbonyl (C=O) groups is 1. The average Bonchev–Trinajstić information content (AvgIpc) is 3.10. The minimum atomic E-state index is -1.02. The van der Waals surface area contributed by atoms with E-state index in [-0.39, 0.29) is 17.9 Å². The van der Waals surface area contributed by atoms with Gasteiger partial charge in [0.25, 0.3) is 0 Å². The van der Waals surface area contributed by atoms with Crippen LogP contribution in [0.15, 0.2) is 48.5 Å². The summed E-state index contributed by atoms with van der Waals surface area (Å²) < 4.78 is 5.83. The Balaban J connectivity index is 2.29. The van der Waals surface area contributed by atoms with Crippen molar-refractivity contribution in [2.75, 3.05) is 0 Å². The maximum absolute atomic E-state index is 13.5. The standard InChI is InChI=1S/C27H32Cl2N2O2/c1-6-17(7-2)24-27(16-30,19-11-13-20(28)14-12-19)22(18-9-8-10-21(29)15-18)23(31-24)25(32)33-26(3,4)5/h8-15,17,22-24,31H,6-7H2,1-5H3/t22-,23+,24-,27+/m0/s1. The summed E-state index contributed by atoms with van der Waals surface area (Å²) in [4.78, 5) is 13.5. The summed E-state index contributed by atoms with van der Waals surface area (Å²) in [5.41, 5.74) is -0.0149. The molecule has 1 N–H and O–H groups in total. The molecule has 0 amide bonds. The molecule has 4 atom stereocenters. The molecule has 1 aliphatic rings. The summed E-state index contributed by atoms with van der Waals surface area (Å²) in [6, 6.07) is 16.5. The van der Waals surface area contributed by atoms with Crippen LogP contribution < -0.4 is 5.32 Å². The van der Waals surface area contributed by atoms with Crippen LogP contribution in [-0.2, 0) is 14.9 Å². The second-order valence-electron chi connectivity index (χ2n) is 9.75. The fraction of sp³-hybridized carbons (Fsp3) is 0.481.